The van der Waals surface area contributed by atoms with Crippen LogP contribution in [0.25, 0.3) is 11.0 Å². The molecule has 164 valence electrons. The van der Waals surface area contributed by atoms with Gasteiger partial charge in [0, 0.05) is 26.1 Å². The monoisotopic (exact) mass is 429 g/mol. The molecule has 1 aliphatic rings. The van der Waals surface area contributed by atoms with Gasteiger partial charge in [0.15, 0.2) is 5.76 Å². The molecular formula is C26H27N3O3. The van der Waals surface area contributed by atoms with E-state index in [0.717, 1.165) is 47.6 Å². The molecule has 3 heterocycles. The Balaban J connectivity index is 1.27. The van der Waals surface area contributed by atoms with Crippen LogP contribution >= 0.6 is 0 Å². The van der Waals surface area contributed by atoms with E-state index in [1.807, 2.05) is 60.4 Å². The number of carbonyl (C=O) groups is 1. The summed E-state index contributed by atoms with van der Waals surface area (Å²) in [6.07, 6.45) is 1.97. The van der Waals surface area contributed by atoms with Crippen molar-refractivity contribution in [2.45, 2.75) is 32.3 Å². The van der Waals surface area contributed by atoms with Crippen LogP contribution in [-0.4, -0.2) is 33.4 Å². The minimum atomic E-state index is -0.0735. The normalized spacial score (nSPS) is 16.4. The zero-order valence-corrected chi connectivity index (χ0v) is 18.5. The molecule has 0 N–H and O–H groups in total. The lowest BCUT2D eigenvalue weighted by Gasteiger charge is -2.31. The number of aromatic nitrogens is 2. The maximum Gasteiger partial charge on any atom is 0.289 e. The number of fused-ring (bicyclic) bond motifs is 1. The third-order valence-corrected chi connectivity index (χ3v) is 6.23. The Kier molecular flexibility index (Phi) is 5.43. The molecule has 2 aromatic carbocycles. The second-order valence-electron chi connectivity index (χ2n) is 8.43. The standard InChI is InChI=1S/C26H27N3O3/c1-18-8-3-6-12-23(18)31-17-20-13-14-24(32-20)26(30)29-15-7-9-19(16-29)25-27-21-10-4-5-11-22(21)28(25)2/h3-6,8,10-14,19H,7,9,15-17H2,1-2H3. The smallest absolute Gasteiger partial charge is 0.289 e. The number of benzene rings is 2. The van der Waals surface area contributed by atoms with E-state index in [-0.39, 0.29) is 11.8 Å². The number of amides is 1. The van der Waals surface area contributed by atoms with E-state index in [4.69, 9.17) is 14.1 Å². The van der Waals surface area contributed by atoms with Crippen molar-refractivity contribution in [3.05, 3.63) is 83.6 Å². The number of para-hydroxylation sites is 3. The number of aryl methyl sites for hydroxylation is 2. The molecular weight excluding hydrogens is 402 g/mol. The van der Waals surface area contributed by atoms with E-state index >= 15 is 0 Å². The molecule has 1 saturated heterocycles. The predicted octanol–water partition coefficient (Wildman–Crippen LogP) is 5.07. The Morgan fingerprint density at radius 3 is 2.78 bits per heavy atom. The van der Waals surface area contributed by atoms with Gasteiger partial charge in [-0.2, -0.15) is 0 Å². The summed E-state index contributed by atoms with van der Waals surface area (Å²) < 4.78 is 13.8. The molecule has 0 spiro atoms. The number of piperidine rings is 1. The lowest BCUT2D eigenvalue weighted by molar-refractivity contribution is 0.0667. The number of hydrogen-bond donors (Lipinski definition) is 0. The van der Waals surface area contributed by atoms with Crippen molar-refractivity contribution >= 4 is 16.9 Å². The maximum atomic E-state index is 13.1. The topological polar surface area (TPSA) is 60.5 Å². The van der Waals surface area contributed by atoms with Gasteiger partial charge >= 0.3 is 0 Å². The van der Waals surface area contributed by atoms with E-state index in [9.17, 15) is 4.79 Å². The quantitative estimate of drug-likeness (QED) is 0.444. The van der Waals surface area contributed by atoms with Crippen LogP contribution in [-0.2, 0) is 13.7 Å². The van der Waals surface area contributed by atoms with Crippen LogP contribution < -0.4 is 4.74 Å². The molecule has 6 heteroatoms. The Morgan fingerprint density at radius 1 is 1.12 bits per heavy atom. The number of nitrogens with zero attached hydrogens (tertiary/aromatic N) is 3. The minimum Gasteiger partial charge on any atom is -0.485 e. The lowest BCUT2D eigenvalue weighted by Crippen LogP contribution is -2.39. The summed E-state index contributed by atoms with van der Waals surface area (Å²) in [5, 5.41) is 0. The van der Waals surface area contributed by atoms with Crippen molar-refractivity contribution in [3.63, 3.8) is 0 Å². The van der Waals surface area contributed by atoms with E-state index in [0.29, 0.717) is 24.7 Å². The van der Waals surface area contributed by atoms with Crippen molar-refractivity contribution < 1.29 is 13.9 Å². The molecule has 1 unspecified atom stereocenters. The molecule has 0 bridgehead atoms. The predicted molar refractivity (Wildman–Crippen MR) is 123 cm³/mol. The zero-order chi connectivity index (χ0) is 22.1. The second kappa shape index (κ2) is 8.54. The Morgan fingerprint density at radius 2 is 1.94 bits per heavy atom. The fourth-order valence-electron chi connectivity index (χ4n) is 4.50. The molecule has 1 fully saturated rings. The number of carbonyl (C=O) groups excluding carboxylic acids is 1. The second-order valence-corrected chi connectivity index (χ2v) is 8.43. The summed E-state index contributed by atoms with van der Waals surface area (Å²) >= 11 is 0. The fourth-order valence-corrected chi connectivity index (χ4v) is 4.50. The number of imidazole rings is 1. The fraction of sp³-hybridized carbons (Fsp3) is 0.308. The van der Waals surface area contributed by atoms with Crippen LogP contribution in [0.2, 0.25) is 0 Å². The van der Waals surface area contributed by atoms with E-state index in [2.05, 4.69) is 17.7 Å². The van der Waals surface area contributed by atoms with Gasteiger partial charge in [0.2, 0.25) is 0 Å². The number of likely N-dealkylation sites (tertiary alicyclic amines) is 1. The van der Waals surface area contributed by atoms with Crippen molar-refractivity contribution in [1.29, 1.82) is 0 Å². The first kappa shape index (κ1) is 20.4. The molecule has 1 amide bonds. The van der Waals surface area contributed by atoms with Crippen LogP contribution in [0.1, 0.15) is 46.5 Å². The third-order valence-electron chi connectivity index (χ3n) is 6.23. The molecule has 32 heavy (non-hydrogen) atoms. The summed E-state index contributed by atoms with van der Waals surface area (Å²) in [7, 11) is 2.05. The number of hydrogen-bond acceptors (Lipinski definition) is 4. The first-order valence-corrected chi connectivity index (χ1v) is 11.1. The van der Waals surface area contributed by atoms with Gasteiger partial charge in [-0.25, -0.2) is 4.98 Å². The van der Waals surface area contributed by atoms with Crippen molar-refractivity contribution in [2.24, 2.45) is 7.05 Å². The summed E-state index contributed by atoms with van der Waals surface area (Å²) in [6, 6.07) is 19.6. The molecule has 2 aromatic heterocycles. The third kappa shape index (κ3) is 3.88. The molecule has 6 nitrogen and oxygen atoms in total. The first-order chi connectivity index (χ1) is 15.6. The molecule has 4 aromatic rings. The highest BCUT2D eigenvalue weighted by molar-refractivity contribution is 5.91. The average Bonchev–Trinajstić information content (AvgIpc) is 3.43. The average molecular weight is 430 g/mol. The van der Waals surface area contributed by atoms with Crippen molar-refractivity contribution in [2.75, 3.05) is 13.1 Å². The van der Waals surface area contributed by atoms with Crippen LogP contribution in [0.15, 0.2) is 65.1 Å². The van der Waals surface area contributed by atoms with Gasteiger partial charge in [-0.15, -0.1) is 0 Å². The Labute approximate surface area is 187 Å². The highest BCUT2D eigenvalue weighted by Crippen LogP contribution is 2.29. The van der Waals surface area contributed by atoms with Crippen LogP contribution in [0.3, 0.4) is 0 Å². The molecule has 1 atom stereocenters. The van der Waals surface area contributed by atoms with E-state index in [1.54, 1.807) is 6.07 Å². The molecule has 1 aliphatic heterocycles. The van der Waals surface area contributed by atoms with Crippen LogP contribution in [0.5, 0.6) is 5.75 Å². The highest BCUT2D eigenvalue weighted by atomic mass is 16.5. The summed E-state index contributed by atoms with van der Waals surface area (Å²) in [5.41, 5.74) is 3.18. The Bertz CT molecular complexity index is 1260. The van der Waals surface area contributed by atoms with Crippen molar-refractivity contribution in [3.8, 4) is 5.75 Å². The first-order valence-electron chi connectivity index (χ1n) is 11.1. The Hall–Kier alpha value is -3.54. The maximum absolute atomic E-state index is 13.1. The summed E-state index contributed by atoms with van der Waals surface area (Å²) in [6.45, 7) is 3.67. The van der Waals surface area contributed by atoms with Gasteiger partial charge in [-0.1, -0.05) is 30.3 Å². The van der Waals surface area contributed by atoms with Gasteiger partial charge in [0.05, 0.1) is 11.0 Å². The molecule has 5 rings (SSSR count). The summed E-state index contributed by atoms with van der Waals surface area (Å²) in [4.78, 5) is 19.9. The minimum absolute atomic E-state index is 0.0735. The van der Waals surface area contributed by atoms with Gasteiger partial charge < -0.3 is 18.6 Å². The van der Waals surface area contributed by atoms with Gasteiger partial charge in [-0.05, 0) is 55.7 Å². The number of furan rings is 1. The van der Waals surface area contributed by atoms with Crippen LogP contribution in [0.4, 0.5) is 0 Å². The number of rotatable bonds is 5. The number of ether oxygens (including phenoxy) is 1. The van der Waals surface area contributed by atoms with Gasteiger partial charge in [-0.3, -0.25) is 4.79 Å². The lowest BCUT2D eigenvalue weighted by atomic mass is 9.97. The molecule has 0 aliphatic carbocycles. The van der Waals surface area contributed by atoms with E-state index in [1.165, 1.54) is 0 Å². The zero-order valence-electron chi connectivity index (χ0n) is 18.5. The largest absolute Gasteiger partial charge is 0.485 e. The highest BCUT2D eigenvalue weighted by Gasteiger charge is 2.29. The van der Waals surface area contributed by atoms with E-state index < -0.39 is 0 Å². The van der Waals surface area contributed by atoms with Gasteiger partial charge in [0.25, 0.3) is 5.91 Å². The SMILES string of the molecule is Cc1ccccc1OCc1ccc(C(=O)N2CCCC(c3nc4ccccc4n3C)C2)o1. The van der Waals surface area contributed by atoms with Crippen molar-refractivity contribution in [1.82, 2.24) is 14.5 Å². The van der Waals surface area contributed by atoms with Gasteiger partial charge in [0.1, 0.15) is 23.9 Å². The molecule has 0 radical (unpaired) electrons. The summed E-state index contributed by atoms with van der Waals surface area (Å²) in [5.74, 6) is 2.99. The van der Waals surface area contributed by atoms with Crippen LogP contribution in [0, 0.1) is 6.92 Å². The molecule has 0 saturated carbocycles.